The summed E-state index contributed by atoms with van der Waals surface area (Å²) in [6.07, 6.45) is 5.27. The molecule has 0 spiro atoms. The summed E-state index contributed by atoms with van der Waals surface area (Å²) < 4.78 is 11.4. The van der Waals surface area contributed by atoms with Gasteiger partial charge in [-0.3, -0.25) is 9.31 Å². The smallest absolute Gasteiger partial charge is 0.226 e. The van der Waals surface area contributed by atoms with Crippen molar-refractivity contribution in [1.82, 2.24) is 20.2 Å². The van der Waals surface area contributed by atoms with Crippen molar-refractivity contribution in [2.45, 2.75) is 31.9 Å². The average molecular weight is 310 g/mol. The molecule has 2 atom stereocenters. The van der Waals surface area contributed by atoms with Crippen molar-refractivity contribution >= 4 is 33.6 Å². The van der Waals surface area contributed by atoms with Gasteiger partial charge in [-0.05, 0) is 12.8 Å². The van der Waals surface area contributed by atoms with Gasteiger partial charge in [-0.1, -0.05) is 13.8 Å². The average Bonchev–Trinajstić information content (AvgIpc) is 2.93. The molecule has 0 fully saturated rings. The van der Waals surface area contributed by atoms with Crippen LogP contribution >= 0.6 is 0 Å². The van der Waals surface area contributed by atoms with E-state index < -0.39 is 10.8 Å². The van der Waals surface area contributed by atoms with Crippen molar-refractivity contribution in [3.05, 3.63) is 6.20 Å². The number of aromatic amines is 1. The number of hydrogen-bond donors (Lipinski definition) is 3. The molecule has 2 unspecified atom stereocenters. The van der Waals surface area contributed by atoms with E-state index in [-0.39, 0.29) is 5.25 Å². The third-order valence-corrected chi connectivity index (χ3v) is 4.62. The predicted molar refractivity (Wildman–Crippen MR) is 87.1 cm³/mol. The molecule has 0 aliphatic heterocycles. The Morgan fingerprint density at radius 2 is 2.14 bits per heavy atom. The third kappa shape index (κ3) is 4.13. The Hall–Kier alpha value is -1.70. The maximum atomic E-state index is 11.4. The minimum atomic E-state index is -0.800. The van der Waals surface area contributed by atoms with Crippen molar-refractivity contribution < 1.29 is 4.21 Å². The molecule has 2 aromatic rings. The Morgan fingerprint density at radius 1 is 1.33 bits per heavy atom. The number of fused-ring (bicyclic) bond motifs is 1. The topological polar surface area (TPSA) is 95.6 Å². The minimum absolute atomic E-state index is 0.164. The largest absolute Gasteiger partial charge is 0.369 e. The van der Waals surface area contributed by atoms with Gasteiger partial charge in [0.1, 0.15) is 5.82 Å². The van der Waals surface area contributed by atoms with Gasteiger partial charge in [0, 0.05) is 35.4 Å². The third-order valence-electron chi connectivity index (χ3n) is 3.25. The number of H-pyrrole nitrogens is 1. The maximum Gasteiger partial charge on any atom is 0.226 e. The highest BCUT2D eigenvalue weighted by atomic mass is 32.2. The molecule has 7 nitrogen and oxygen atoms in total. The Bertz CT molecular complexity index is 614. The standard InChI is InChI=1S/C13H22N6OS/c1-4-6-15-13-17-11(10-8-16-19-12(10)18-13)14-7-5-9(2)21(3)20/h8-9H,4-7H2,1-3H3,(H3,14,15,16,17,18,19). The zero-order valence-electron chi connectivity index (χ0n) is 12.6. The van der Waals surface area contributed by atoms with Crippen LogP contribution in [-0.2, 0) is 10.8 Å². The molecule has 0 aromatic carbocycles. The number of rotatable bonds is 8. The van der Waals surface area contributed by atoms with E-state index in [0.29, 0.717) is 18.1 Å². The molecule has 2 aromatic heterocycles. The molecular formula is C13H22N6OS. The summed E-state index contributed by atoms with van der Waals surface area (Å²) in [7, 11) is -0.800. The van der Waals surface area contributed by atoms with Crippen molar-refractivity contribution in [3.63, 3.8) is 0 Å². The predicted octanol–water partition coefficient (Wildman–Crippen LogP) is 1.74. The summed E-state index contributed by atoms with van der Waals surface area (Å²) in [4.78, 5) is 8.86. The quantitative estimate of drug-likeness (QED) is 0.687. The van der Waals surface area contributed by atoms with Gasteiger partial charge in [-0.25, -0.2) is 0 Å². The van der Waals surface area contributed by atoms with Crippen LogP contribution in [0, 0.1) is 0 Å². The van der Waals surface area contributed by atoms with E-state index in [0.717, 1.165) is 30.6 Å². The van der Waals surface area contributed by atoms with Gasteiger partial charge in [0.05, 0.1) is 11.6 Å². The molecule has 2 heterocycles. The van der Waals surface area contributed by atoms with Crippen LogP contribution in [0.4, 0.5) is 11.8 Å². The zero-order chi connectivity index (χ0) is 15.2. The summed E-state index contributed by atoms with van der Waals surface area (Å²) in [5.74, 6) is 1.34. The van der Waals surface area contributed by atoms with E-state index >= 15 is 0 Å². The van der Waals surface area contributed by atoms with Gasteiger partial charge in [0.25, 0.3) is 0 Å². The molecule has 0 radical (unpaired) electrons. The summed E-state index contributed by atoms with van der Waals surface area (Å²) >= 11 is 0. The molecule has 0 bridgehead atoms. The highest BCUT2D eigenvalue weighted by Gasteiger charge is 2.10. The fourth-order valence-electron chi connectivity index (χ4n) is 1.85. The van der Waals surface area contributed by atoms with E-state index in [2.05, 4.69) is 37.7 Å². The normalized spacial score (nSPS) is 14.0. The number of aromatic nitrogens is 4. The summed E-state index contributed by atoms with van der Waals surface area (Å²) in [5.41, 5.74) is 0.707. The Morgan fingerprint density at radius 3 is 2.86 bits per heavy atom. The van der Waals surface area contributed by atoms with Crippen LogP contribution in [0.3, 0.4) is 0 Å². The van der Waals surface area contributed by atoms with E-state index in [1.165, 1.54) is 0 Å². The number of anilines is 2. The fraction of sp³-hybridized carbons (Fsp3) is 0.615. The van der Waals surface area contributed by atoms with Crippen LogP contribution < -0.4 is 10.6 Å². The van der Waals surface area contributed by atoms with Crippen LogP contribution in [0.2, 0.25) is 0 Å². The lowest BCUT2D eigenvalue weighted by Crippen LogP contribution is -2.16. The molecule has 0 aliphatic carbocycles. The number of nitrogens with one attached hydrogen (secondary N) is 3. The Labute approximate surface area is 126 Å². The highest BCUT2D eigenvalue weighted by molar-refractivity contribution is 7.84. The number of nitrogens with zero attached hydrogens (tertiary/aromatic N) is 3. The second-order valence-corrected chi connectivity index (χ2v) is 6.78. The lowest BCUT2D eigenvalue weighted by Gasteiger charge is -2.11. The lowest BCUT2D eigenvalue weighted by atomic mass is 10.3. The van der Waals surface area contributed by atoms with Crippen LogP contribution in [0.15, 0.2) is 6.20 Å². The van der Waals surface area contributed by atoms with E-state index in [4.69, 9.17) is 0 Å². The van der Waals surface area contributed by atoms with Gasteiger partial charge >= 0.3 is 0 Å². The van der Waals surface area contributed by atoms with Crippen molar-refractivity contribution in [2.24, 2.45) is 0 Å². The van der Waals surface area contributed by atoms with E-state index in [9.17, 15) is 4.21 Å². The first-order valence-electron chi connectivity index (χ1n) is 7.13. The molecule has 21 heavy (non-hydrogen) atoms. The van der Waals surface area contributed by atoms with Crippen LogP contribution in [0.5, 0.6) is 0 Å². The Kier molecular flexibility index (Phi) is 5.49. The van der Waals surface area contributed by atoms with Gasteiger partial charge in [-0.15, -0.1) is 0 Å². The molecular weight excluding hydrogens is 288 g/mol. The van der Waals surface area contributed by atoms with Crippen molar-refractivity contribution in [3.8, 4) is 0 Å². The molecule has 8 heteroatoms. The second-order valence-electron chi connectivity index (χ2n) is 4.98. The van der Waals surface area contributed by atoms with E-state index in [1.54, 1.807) is 12.5 Å². The summed E-state index contributed by atoms with van der Waals surface area (Å²) in [6, 6.07) is 0. The van der Waals surface area contributed by atoms with Crippen LogP contribution in [0.1, 0.15) is 26.7 Å². The van der Waals surface area contributed by atoms with Crippen LogP contribution in [0.25, 0.3) is 11.0 Å². The van der Waals surface area contributed by atoms with Gasteiger partial charge in [0.2, 0.25) is 5.95 Å². The summed E-state index contributed by atoms with van der Waals surface area (Å²) in [6.45, 7) is 5.61. The maximum absolute atomic E-state index is 11.4. The fourth-order valence-corrected chi connectivity index (χ4v) is 2.30. The molecule has 0 amide bonds. The van der Waals surface area contributed by atoms with Gasteiger partial charge < -0.3 is 10.6 Å². The lowest BCUT2D eigenvalue weighted by molar-refractivity contribution is 0.672. The molecule has 0 saturated carbocycles. The summed E-state index contributed by atoms with van der Waals surface area (Å²) in [5, 5.41) is 14.4. The first-order valence-corrected chi connectivity index (χ1v) is 8.75. The first-order chi connectivity index (χ1) is 10.1. The first kappa shape index (κ1) is 15.7. The van der Waals surface area contributed by atoms with Gasteiger partial charge in [0.15, 0.2) is 5.65 Å². The molecule has 116 valence electrons. The van der Waals surface area contributed by atoms with E-state index in [1.807, 2.05) is 6.92 Å². The molecule has 0 saturated heterocycles. The highest BCUT2D eigenvalue weighted by Crippen LogP contribution is 2.20. The molecule has 0 aliphatic rings. The molecule has 3 N–H and O–H groups in total. The number of hydrogen-bond acceptors (Lipinski definition) is 6. The molecule has 2 rings (SSSR count). The zero-order valence-corrected chi connectivity index (χ0v) is 13.5. The SMILES string of the molecule is CCCNc1nc(NCCC(C)S(C)=O)c2cn[nH]c2n1. The Balaban J connectivity index is 2.09. The second kappa shape index (κ2) is 7.35. The van der Waals surface area contributed by atoms with Crippen molar-refractivity contribution in [2.75, 3.05) is 30.0 Å². The van der Waals surface area contributed by atoms with Crippen LogP contribution in [-0.4, -0.2) is 49.0 Å². The monoisotopic (exact) mass is 310 g/mol. The van der Waals surface area contributed by atoms with Gasteiger partial charge in [-0.2, -0.15) is 15.1 Å². The minimum Gasteiger partial charge on any atom is -0.369 e. The van der Waals surface area contributed by atoms with Crippen molar-refractivity contribution in [1.29, 1.82) is 0 Å².